The van der Waals surface area contributed by atoms with Crippen molar-refractivity contribution in [1.29, 1.82) is 0 Å². The second kappa shape index (κ2) is 9.88. The molecule has 0 bridgehead atoms. The Morgan fingerprint density at radius 2 is 1.79 bits per heavy atom. The predicted octanol–water partition coefficient (Wildman–Crippen LogP) is 2.55. The van der Waals surface area contributed by atoms with Crippen LogP contribution < -0.4 is 9.64 Å². The van der Waals surface area contributed by atoms with Gasteiger partial charge in [0.25, 0.3) is 0 Å². The minimum absolute atomic E-state index is 0.172. The molecule has 1 unspecified atom stereocenters. The van der Waals surface area contributed by atoms with Gasteiger partial charge in [0.1, 0.15) is 17.9 Å². The molecule has 1 amide bonds. The fraction of sp³-hybridized carbons (Fsp3) is 0.577. The van der Waals surface area contributed by atoms with Gasteiger partial charge >= 0.3 is 0 Å². The molecule has 2 fully saturated rings. The zero-order valence-corrected chi connectivity index (χ0v) is 20.2. The zero-order valence-electron chi connectivity index (χ0n) is 20.2. The van der Waals surface area contributed by atoms with Crippen molar-refractivity contribution in [1.82, 2.24) is 19.8 Å². The second-order valence-corrected chi connectivity index (χ2v) is 9.79. The molecule has 2 aromatic rings. The quantitative estimate of drug-likeness (QED) is 0.702. The van der Waals surface area contributed by atoms with Gasteiger partial charge in [-0.25, -0.2) is 9.97 Å². The standard InChI is InChI=1S/C26H35N5O3/c1-18-15-22(32)24-23(18)25(28-17-27-24)30-11-13-31(14-12-30)26(33)21(16-29-9-3-4-10-29)19-5-7-20(34-2)8-6-19/h5-8,17-18,21-22,32H,3-4,9-16H2,1-2H3/t18-,21?,22-/m1/s1. The Hall–Kier alpha value is -2.71. The van der Waals surface area contributed by atoms with E-state index in [1.165, 1.54) is 12.8 Å². The number of methoxy groups -OCH3 is 1. The highest BCUT2D eigenvalue weighted by Gasteiger charge is 2.35. The van der Waals surface area contributed by atoms with Gasteiger partial charge in [0.2, 0.25) is 5.91 Å². The van der Waals surface area contributed by atoms with Crippen molar-refractivity contribution < 1.29 is 14.6 Å². The Bertz CT molecular complexity index is 1000. The normalized spacial score (nSPS) is 23.7. The van der Waals surface area contributed by atoms with Crippen molar-refractivity contribution in [2.45, 2.75) is 44.1 Å². The van der Waals surface area contributed by atoms with Crippen LogP contribution in [0.25, 0.3) is 0 Å². The number of fused-ring (bicyclic) bond motifs is 1. The van der Waals surface area contributed by atoms with E-state index in [0.717, 1.165) is 61.1 Å². The van der Waals surface area contributed by atoms with Crippen LogP contribution in [0.4, 0.5) is 5.82 Å². The number of ether oxygens (including phenoxy) is 1. The van der Waals surface area contributed by atoms with Crippen LogP contribution in [0.3, 0.4) is 0 Å². The Morgan fingerprint density at radius 1 is 1.09 bits per heavy atom. The summed E-state index contributed by atoms with van der Waals surface area (Å²) in [4.78, 5) is 29.4. The average Bonchev–Trinajstić information content (AvgIpc) is 3.50. The Morgan fingerprint density at radius 3 is 2.47 bits per heavy atom. The second-order valence-electron chi connectivity index (χ2n) is 9.79. The van der Waals surface area contributed by atoms with E-state index < -0.39 is 6.10 Å². The molecule has 3 aliphatic rings. The van der Waals surface area contributed by atoms with Crippen molar-refractivity contribution in [3.05, 3.63) is 47.4 Å². The molecular weight excluding hydrogens is 430 g/mol. The van der Waals surface area contributed by atoms with Crippen LogP contribution in [0.1, 0.15) is 60.9 Å². The number of aliphatic hydroxyl groups is 1. The predicted molar refractivity (Wildman–Crippen MR) is 130 cm³/mol. The van der Waals surface area contributed by atoms with Crippen LogP contribution in [0.2, 0.25) is 0 Å². The Balaban J connectivity index is 1.30. The molecule has 34 heavy (non-hydrogen) atoms. The number of nitrogens with zero attached hydrogens (tertiary/aromatic N) is 5. The number of likely N-dealkylation sites (tertiary alicyclic amines) is 1. The number of amides is 1. The summed E-state index contributed by atoms with van der Waals surface area (Å²) in [7, 11) is 1.66. The van der Waals surface area contributed by atoms with Gasteiger partial charge in [-0.3, -0.25) is 4.79 Å². The van der Waals surface area contributed by atoms with Crippen LogP contribution >= 0.6 is 0 Å². The van der Waals surface area contributed by atoms with Crippen molar-refractivity contribution in [2.75, 3.05) is 57.8 Å². The summed E-state index contributed by atoms with van der Waals surface area (Å²) in [5.74, 6) is 2.00. The van der Waals surface area contributed by atoms with Crippen LogP contribution in [0.5, 0.6) is 5.75 Å². The molecule has 182 valence electrons. The summed E-state index contributed by atoms with van der Waals surface area (Å²) >= 11 is 0. The van der Waals surface area contributed by atoms with E-state index in [-0.39, 0.29) is 17.7 Å². The van der Waals surface area contributed by atoms with E-state index in [4.69, 9.17) is 4.74 Å². The van der Waals surface area contributed by atoms with E-state index in [1.54, 1.807) is 13.4 Å². The molecule has 8 heteroatoms. The van der Waals surface area contributed by atoms with E-state index >= 15 is 0 Å². The highest BCUT2D eigenvalue weighted by Crippen LogP contribution is 2.42. The number of carbonyl (C=O) groups excluding carboxylic acids is 1. The molecule has 1 aliphatic carbocycles. The van der Waals surface area contributed by atoms with Gasteiger partial charge in [0.15, 0.2) is 0 Å². The Kier molecular flexibility index (Phi) is 6.70. The largest absolute Gasteiger partial charge is 0.497 e. The Labute approximate surface area is 201 Å². The lowest BCUT2D eigenvalue weighted by atomic mass is 9.96. The molecule has 2 aliphatic heterocycles. The SMILES string of the molecule is COc1ccc(C(CN2CCCC2)C(=O)N2CCN(c3ncnc4c3[C@H](C)C[C@H]4O)CC2)cc1. The summed E-state index contributed by atoms with van der Waals surface area (Å²) in [5, 5.41) is 10.3. The first-order valence-electron chi connectivity index (χ1n) is 12.5. The van der Waals surface area contributed by atoms with Crippen LogP contribution in [-0.2, 0) is 4.79 Å². The molecular formula is C26H35N5O3. The van der Waals surface area contributed by atoms with Gasteiger partial charge in [0.05, 0.1) is 24.8 Å². The fourth-order valence-electron chi connectivity index (χ4n) is 5.70. The lowest BCUT2D eigenvalue weighted by molar-refractivity contribution is -0.133. The molecule has 1 aromatic carbocycles. The van der Waals surface area contributed by atoms with Gasteiger partial charge in [-0.2, -0.15) is 0 Å². The summed E-state index contributed by atoms with van der Waals surface area (Å²) in [6.45, 7) is 7.82. The number of anilines is 1. The highest BCUT2D eigenvalue weighted by molar-refractivity contribution is 5.84. The third kappa shape index (κ3) is 4.49. The monoisotopic (exact) mass is 465 g/mol. The minimum Gasteiger partial charge on any atom is -0.497 e. The smallest absolute Gasteiger partial charge is 0.231 e. The van der Waals surface area contributed by atoms with E-state index in [0.29, 0.717) is 19.5 Å². The summed E-state index contributed by atoms with van der Waals surface area (Å²) in [6, 6.07) is 7.96. The maximum Gasteiger partial charge on any atom is 0.231 e. The molecule has 1 aromatic heterocycles. The van der Waals surface area contributed by atoms with Crippen LogP contribution in [0.15, 0.2) is 30.6 Å². The average molecular weight is 466 g/mol. The van der Waals surface area contributed by atoms with Crippen LogP contribution in [-0.4, -0.2) is 83.7 Å². The molecule has 3 heterocycles. The first kappa shape index (κ1) is 23.1. The summed E-state index contributed by atoms with van der Waals surface area (Å²) in [6.07, 6.45) is 4.16. The number of hydrogen-bond donors (Lipinski definition) is 1. The van der Waals surface area contributed by atoms with Crippen molar-refractivity contribution in [3.8, 4) is 5.75 Å². The summed E-state index contributed by atoms with van der Waals surface area (Å²) < 4.78 is 5.32. The molecule has 0 spiro atoms. The summed E-state index contributed by atoms with van der Waals surface area (Å²) in [5.41, 5.74) is 2.89. The fourth-order valence-corrected chi connectivity index (χ4v) is 5.70. The first-order chi connectivity index (χ1) is 16.5. The number of benzene rings is 1. The third-order valence-corrected chi connectivity index (χ3v) is 7.63. The molecule has 0 saturated carbocycles. The number of aromatic nitrogens is 2. The third-order valence-electron chi connectivity index (χ3n) is 7.63. The molecule has 2 saturated heterocycles. The van der Waals surface area contributed by atoms with Crippen molar-refractivity contribution in [3.63, 3.8) is 0 Å². The van der Waals surface area contributed by atoms with Gasteiger partial charge in [-0.05, 0) is 56.0 Å². The molecule has 5 rings (SSSR count). The number of rotatable bonds is 6. The molecule has 1 N–H and O–H groups in total. The highest BCUT2D eigenvalue weighted by atomic mass is 16.5. The maximum atomic E-state index is 13.8. The van der Waals surface area contributed by atoms with E-state index in [2.05, 4.69) is 26.7 Å². The number of carbonyl (C=O) groups is 1. The number of aliphatic hydroxyl groups excluding tert-OH is 1. The van der Waals surface area contributed by atoms with Gasteiger partial charge in [-0.1, -0.05) is 19.1 Å². The molecule has 3 atom stereocenters. The van der Waals surface area contributed by atoms with Gasteiger partial charge in [0, 0.05) is 38.3 Å². The number of hydrogen-bond acceptors (Lipinski definition) is 7. The van der Waals surface area contributed by atoms with Crippen molar-refractivity contribution >= 4 is 11.7 Å². The zero-order chi connectivity index (χ0) is 23.7. The van der Waals surface area contributed by atoms with Crippen LogP contribution in [0, 0.1) is 0 Å². The van der Waals surface area contributed by atoms with Gasteiger partial charge < -0.3 is 24.5 Å². The first-order valence-corrected chi connectivity index (χ1v) is 12.5. The van der Waals surface area contributed by atoms with E-state index in [1.807, 2.05) is 29.2 Å². The topological polar surface area (TPSA) is 82.0 Å². The maximum absolute atomic E-state index is 13.8. The van der Waals surface area contributed by atoms with E-state index in [9.17, 15) is 9.90 Å². The molecule has 0 radical (unpaired) electrons. The minimum atomic E-state index is -0.509. The number of piperazine rings is 1. The van der Waals surface area contributed by atoms with Crippen molar-refractivity contribution in [2.24, 2.45) is 0 Å². The lowest BCUT2D eigenvalue weighted by Gasteiger charge is -2.38. The lowest BCUT2D eigenvalue weighted by Crippen LogP contribution is -2.51. The molecule has 8 nitrogen and oxygen atoms in total. The van der Waals surface area contributed by atoms with Gasteiger partial charge in [-0.15, -0.1) is 0 Å².